The van der Waals surface area contributed by atoms with Crippen LogP contribution in [-0.2, 0) is 19.1 Å². The number of carbonyl (C=O) groups is 2. The molecule has 0 spiro atoms. The fourth-order valence-corrected chi connectivity index (χ4v) is 6.36. The quantitative estimate of drug-likeness (QED) is 0.110. The van der Waals surface area contributed by atoms with E-state index in [0.29, 0.717) is 24.7 Å². The Balaban J connectivity index is 5.81. The molecule has 0 bridgehead atoms. The van der Waals surface area contributed by atoms with Crippen molar-refractivity contribution in [1.29, 1.82) is 0 Å². The summed E-state index contributed by atoms with van der Waals surface area (Å²) >= 11 is 0. The highest BCUT2D eigenvalue weighted by Crippen LogP contribution is 2.42. The molecule has 0 rings (SSSR count). The number of carbonyl (C=O) groups excluding carboxylic acids is 2. The number of ether oxygens (including phenoxy) is 2. The number of nitrogens with two attached hydrogens (primary N) is 1. The zero-order valence-corrected chi connectivity index (χ0v) is 30.9. The lowest BCUT2D eigenvalue weighted by atomic mass is 9.69. The molecule has 0 aliphatic carbocycles. The van der Waals surface area contributed by atoms with Gasteiger partial charge in [-0.1, -0.05) is 87.5 Å². The van der Waals surface area contributed by atoms with Crippen LogP contribution in [0.5, 0.6) is 0 Å². The minimum Gasteiger partial charge on any atom is -0.462 e. The van der Waals surface area contributed by atoms with E-state index < -0.39 is 11.0 Å². The van der Waals surface area contributed by atoms with Crippen LogP contribution in [0.25, 0.3) is 0 Å². The molecule has 0 fully saturated rings. The Morgan fingerprint density at radius 2 is 1.33 bits per heavy atom. The summed E-state index contributed by atoms with van der Waals surface area (Å²) in [7, 11) is 4.01. The van der Waals surface area contributed by atoms with Crippen LogP contribution in [0.1, 0.15) is 129 Å². The molecule has 252 valence electrons. The van der Waals surface area contributed by atoms with E-state index in [1.165, 1.54) is 0 Å². The summed E-state index contributed by atoms with van der Waals surface area (Å²) in [5.41, 5.74) is 5.16. The molecule has 2 atom stereocenters. The Kier molecular flexibility index (Phi) is 16.5. The summed E-state index contributed by atoms with van der Waals surface area (Å²) in [4.78, 5) is 27.7. The van der Waals surface area contributed by atoms with Crippen molar-refractivity contribution in [2.45, 2.75) is 140 Å². The van der Waals surface area contributed by atoms with Crippen molar-refractivity contribution >= 4 is 11.9 Å². The third-order valence-corrected chi connectivity index (χ3v) is 7.87. The summed E-state index contributed by atoms with van der Waals surface area (Å²) in [6.07, 6.45) is 12.3. The first-order chi connectivity index (χ1) is 19.3. The molecule has 0 aromatic heterocycles. The molecule has 0 aromatic carbocycles. The molecular weight excluding hydrogens is 536 g/mol. The van der Waals surface area contributed by atoms with E-state index in [-0.39, 0.29) is 40.9 Å². The van der Waals surface area contributed by atoms with Crippen LogP contribution in [0.15, 0.2) is 24.3 Å². The van der Waals surface area contributed by atoms with Crippen molar-refractivity contribution in [3.05, 3.63) is 24.3 Å². The van der Waals surface area contributed by atoms with Gasteiger partial charge in [0.15, 0.2) is 0 Å². The van der Waals surface area contributed by atoms with Crippen molar-refractivity contribution in [2.24, 2.45) is 39.2 Å². The van der Waals surface area contributed by atoms with Crippen molar-refractivity contribution in [3.63, 3.8) is 0 Å². The standard InChI is InChI=1S/C37H70N2O4/c1-28(2)24-33(5,6)20-21-34(7,8)27-36(11,12)30(43-31(40)18-16-22-39(14)15)26-37(13,38)19-17-23-42-32(41)35(9,10)25-29(3)4/h17,19-21,28-30H,16,18,22-27,38H2,1-15H3/b19-17+,21-20-. The number of nitrogens with zero attached hydrogens (tertiary/aromatic N) is 1. The fraction of sp³-hybridized carbons (Fsp3) is 0.838. The SMILES string of the molecule is CC(C)CC(C)(C)/C=C\C(C)(C)CC(C)(C)C(CC(C)(N)/C=C/COC(=O)C(C)(C)CC(C)C)OC(=O)CCCN(C)C. The summed E-state index contributed by atoms with van der Waals surface area (Å²) in [6, 6.07) is 0. The Hall–Kier alpha value is -1.66. The first kappa shape index (κ1) is 41.3. The van der Waals surface area contributed by atoms with Gasteiger partial charge in [-0.05, 0) is 95.8 Å². The molecule has 0 radical (unpaired) electrons. The molecule has 0 amide bonds. The average Bonchev–Trinajstić information content (AvgIpc) is 2.77. The van der Waals surface area contributed by atoms with E-state index in [0.717, 1.165) is 32.2 Å². The van der Waals surface area contributed by atoms with Crippen LogP contribution >= 0.6 is 0 Å². The van der Waals surface area contributed by atoms with Gasteiger partial charge >= 0.3 is 11.9 Å². The molecule has 2 unspecified atom stereocenters. The zero-order chi connectivity index (χ0) is 33.9. The second-order valence-corrected chi connectivity index (χ2v) is 17.2. The molecule has 6 nitrogen and oxygen atoms in total. The number of allylic oxidation sites excluding steroid dienone is 2. The van der Waals surface area contributed by atoms with Crippen molar-refractivity contribution in [2.75, 3.05) is 27.2 Å². The van der Waals surface area contributed by atoms with Crippen molar-refractivity contribution in [3.8, 4) is 0 Å². The van der Waals surface area contributed by atoms with Gasteiger partial charge < -0.3 is 20.1 Å². The lowest BCUT2D eigenvalue weighted by Crippen LogP contribution is -2.46. The molecule has 0 aliphatic rings. The maximum atomic E-state index is 13.0. The van der Waals surface area contributed by atoms with Crippen LogP contribution in [0.3, 0.4) is 0 Å². The third kappa shape index (κ3) is 18.7. The molecule has 0 saturated heterocycles. The normalized spacial score (nSPS) is 16.0. The number of rotatable bonds is 20. The fourth-order valence-electron chi connectivity index (χ4n) is 6.36. The van der Waals surface area contributed by atoms with Crippen LogP contribution in [0, 0.1) is 33.5 Å². The summed E-state index contributed by atoms with van der Waals surface area (Å²) in [5.74, 6) is 0.638. The number of hydrogen-bond donors (Lipinski definition) is 1. The smallest absolute Gasteiger partial charge is 0.311 e. The molecule has 0 aromatic rings. The minimum atomic E-state index is -0.759. The Labute approximate surface area is 266 Å². The summed E-state index contributed by atoms with van der Waals surface area (Å²) < 4.78 is 11.8. The molecule has 0 heterocycles. The second kappa shape index (κ2) is 17.1. The molecular formula is C37H70N2O4. The lowest BCUT2D eigenvalue weighted by molar-refractivity contribution is -0.158. The van der Waals surface area contributed by atoms with E-state index in [1.54, 1.807) is 0 Å². The maximum absolute atomic E-state index is 13.0. The van der Waals surface area contributed by atoms with Gasteiger partial charge in [-0.15, -0.1) is 0 Å². The highest BCUT2D eigenvalue weighted by Gasteiger charge is 2.40. The Bertz CT molecular complexity index is 908. The third-order valence-electron chi connectivity index (χ3n) is 7.87. The van der Waals surface area contributed by atoms with E-state index in [2.05, 4.69) is 86.3 Å². The predicted molar refractivity (Wildman–Crippen MR) is 183 cm³/mol. The molecule has 2 N–H and O–H groups in total. The molecule has 0 aliphatic heterocycles. The Morgan fingerprint density at radius 3 is 1.84 bits per heavy atom. The van der Waals surface area contributed by atoms with Crippen molar-refractivity contribution < 1.29 is 19.1 Å². The first-order valence-corrected chi connectivity index (χ1v) is 16.5. The van der Waals surface area contributed by atoms with E-state index in [4.69, 9.17) is 15.2 Å². The van der Waals surface area contributed by atoms with Gasteiger partial charge in [0.25, 0.3) is 0 Å². The van der Waals surface area contributed by atoms with Gasteiger partial charge in [0.05, 0.1) is 5.41 Å². The number of esters is 2. The number of hydrogen-bond acceptors (Lipinski definition) is 6. The summed E-state index contributed by atoms with van der Waals surface area (Å²) in [5, 5.41) is 0. The van der Waals surface area contributed by atoms with Gasteiger partial charge in [0.1, 0.15) is 12.7 Å². The maximum Gasteiger partial charge on any atom is 0.311 e. The highest BCUT2D eigenvalue weighted by molar-refractivity contribution is 5.76. The van der Waals surface area contributed by atoms with Crippen LogP contribution < -0.4 is 5.73 Å². The minimum absolute atomic E-state index is 0.106. The van der Waals surface area contributed by atoms with E-state index in [1.807, 2.05) is 47.0 Å². The van der Waals surface area contributed by atoms with Crippen LogP contribution in [0.4, 0.5) is 0 Å². The lowest BCUT2D eigenvalue weighted by Gasteiger charge is -2.41. The van der Waals surface area contributed by atoms with Gasteiger partial charge in [-0.25, -0.2) is 0 Å². The van der Waals surface area contributed by atoms with Crippen molar-refractivity contribution in [1.82, 2.24) is 4.90 Å². The molecule has 43 heavy (non-hydrogen) atoms. The van der Waals surface area contributed by atoms with Crippen LogP contribution in [-0.4, -0.2) is 55.7 Å². The summed E-state index contributed by atoms with van der Waals surface area (Å²) in [6.45, 7) is 29.0. The average molecular weight is 607 g/mol. The van der Waals surface area contributed by atoms with E-state index >= 15 is 0 Å². The predicted octanol–water partition coefficient (Wildman–Crippen LogP) is 8.59. The second-order valence-electron chi connectivity index (χ2n) is 17.2. The van der Waals surface area contributed by atoms with Gasteiger partial charge in [-0.2, -0.15) is 0 Å². The van der Waals surface area contributed by atoms with Gasteiger partial charge in [0.2, 0.25) is 0 Å². The molecule has 0 saturated carbocycles. The van der Waals surface area contributed by atoms with Gasteiger partial charge in [0, 0.05) is 23.8 Å². The van der Waals surface area contributed by atoms with Gasteiger partial charge in [-0.3, -0.25) is 9.59 Å². The topological polar surface area (TPSA) is 81.9 Å². The highest BCUT2D eigenvalue weighted by atomic mass is 16.5. The largest absolute Gasteiger partial charge is 0.462 e. The molecule has 6 heteroatoms. The monoisotopic (exact) mass is 607 g/mol. The first-order valence-electron chi connectivity index (χ1n) is 16.5. The Morgan fingerprint density at radius 1 is 0.791 bits per heavy atom. The van der Waals surface area contributed by atoms with Crippen LogP contribution in [0.2, 0.25) is 0 Å². The zero-order valence-electron chi connectivity index (χ0n) is 30.9. The van der Waals surface area contributed by atoms with E-state index in [9.17, 15) is 9.59 Å².